The largest absolute Gasteiger partial charge is 0.308 e. The quantitative estimate of drug-likeness (QED) is 0.793. The summed E-state index contributed by atoms with van der Waals surface area (Å²) in [6.45, 7) is 6.71. The molecule has 0 spiro atoms. The van der Waals surface area contributed by atoms with Crippen molar-refractivity contribution in [1.29, 1.82) is 0 Å². The van der Waals surface area contributed by atoms with Crippen molar-refractivity contribution in [3.8, 4) is 0 Å². The van der Waals surface area contributed by atoms with Crippen molar-refractivity contribution < 1.29 is 0 Å². The Bertz CT molecular complexity index is 577. The van der Waals surface area contributed by atoms with Gasteiger partial charge in [-0.2, -0.15) is 11.8 Å². The molecule has 3 nitrogen and oxygen atoms in total. The molecule has 1 unspecified atom stereocenters. The monoisotopic (exact) mass is 275 g/mol. The first-order valence-corrected chi connectivity index (χ1v) is 8.14. The second-order valence-corrected chi connectivity index (χ2v) is 7.42. The molecule has 0 aromatic carbocycles. The molecule has 0 saturated carbocycles. The lowest BCUT2D eigenvalue weighted by Crippen LogP contribution is -2.25. The molecule has 3 heterocycles. The van der Waals surface area contributed by atoms with E-state index in [4.69, 9.17) is 4.98 Å². The molecule has 19 heavy (non-hydrogen) atoms. The summed E-state index contributed by atoms with van der Waals surface area (Å²) in [5, 5.41) is 0. The molecule has 1 fully saturated rings. The molecule has 1 saturated heterocycles. The number of rotatable bonds is 1. The van der Waals surface area contributed by atoms with Crippen molar-refractivity contribution in [3.63, 3.8) is 0 Å². The highest BCUT2D eigenvalue weighted by molar-refractivity contribution is 7.99. The maximum Gasteiger partial charge on any atom is 0.160 e. The van der Waals surface area contributed by atoms with E-state index in [1.807, 2.05) is 12.3 Å². The lowest BCUT2D eigenvalue weighted by molar-refractivity contribution is 0.438. The minimum absolute atomic E-state index is 0.0583. The van der Waals surface area contributed by atoms with Gasteiger partial charge >= 0.3 is 0 Å². The molecule has 0 bridgehead atoms. The van der Waals surface area contributed by atoms with Gasteiger partial charge < -0.3 is 4.57 Å². The fourth-order valence-electron chi connectivity index (χ4n) is 2.73. The van der Waals surface area contributed by atoms with E-state index in [0.29, 0.717) is 6.04 Å². The number of hydrogen-bond acceptors (Lipinski definition) is 3. The van der Waals surface area contributed by atoms with E-state index in [2.05, 4.69) is 48.2 Å². The van der Waals surface area contributed by atoms with Crippen LogP contribution in [0.5, 0.6) is 0 Å². The van der Waals surface area contributed by atoms with Crippen molar-refractivity contribution in [2.24, 2.45) is 0 Å². The lowest BCUT2D eigenvalue weighted by Gasteiger charge is -2.28. The van der Waals surface area contributed by atoms with E-state index < -0.39 is 0 Å². The van der Waals surface area contributed by atoms with Gasteiger partial charge in [0.05, 0.1) is 0 Å². The van der Waals surface area contributed by atoms with Crippen molar-refractivity contribution >= 4 is 22.9 Å². The van der Waals surface area contributed by atoms with E-state index in [0.717, 1.165) is 11.2 Å². The Hall–Kier alpha value is -1.03. The smallest absolute Gasteiger partial charge is 0.160 e. The molecule has 1 aliphatic heterocycles. The summed E-state index contributed by atoms with van der Waals surface area (Å²) in [6, 6.07) is 4.60. The van der Waals surface area contributed by atoms with Gasteiger partial charge in [-0.25, -0.2) is 9.97 Å². The summed E-state index contributed by atoms with van der Waals surface area (Å²) in [7, 11) is 0. The number of hydrogen-bond donors (Lipinski definition) is 0. The predicted octanol–water partition coefficient (Wildman–Crippen LogP) is 3.80. The van der Waals surface area contributed by atoms with Crippen LogP contribution >= 0.6 is 11.8 Å². The molecule has 2 aromatic heterocycles. The first-order chi connectivity index (χ1) is 9.07. The molecule has 1 atom stereocenters. The van der Waals surface area contributed by atoms with Crippen LogP contribution in [0.3, 0.4) is 0 Å². The Labute approximate surface area is 118 Å². The van der Waals surface area contributed by atoms with E-state index in [1.54, 1.807) is 0 Å². The van der Waals surface area contributed by atoms with Crippen LogP contribution in [0.1, 0.15) is 45.5 Å². The van der Waals surface area contributed by atoms with Gasteiger partial charge in [0.15, 0.2) is 5.65 Å². The van der Waals surface area contributed by atoms with Crippen LogP contribution in [0, 0.1) is 0 Å². The zero-order chi connectivity index (χ0) is 13.5. The topological polar surface area (TPSA) is 30.7 Å². The molecule has 0 N–H and O–H groups in total. The third-order valence-electron chi connectivity index (χ3n) is 3.62. The molecule has 0 amide bonds. The minimum Gasteiger partial charge on any atom is -0.308 e. The van der Waals surface area contributed by atoms with E-state index in [1.165, 1.54) is 30.2 Å². The highest BCUT2D eigenvalue weighted by Crippen LogP contribution is 2.34. The van der Waals surface area contributed by atoms with Crippen molar-refractivity contribution in [2.45, 2.75) is 45.1 Å². The summed E-state index contributed by atoms with van der Waals surface area (Å²) >= 11 is 2.05. The fourth-order valence-corrected chi connectivity index (χ4v) is 3.86. The number of fused-ring (bicyclic) bond motifs is 1. The predicted molar refractivity (Wildman–Crippen MR) is 81.8 cm³/mol. The van der Waals surface area contributed by atoms with Crippen LogP contribution in [0.25, 0.3) is 11.2 Å². The Morgan fingerprint density at radius 2 is 2.21 bits per heavy atom. The minimum atomic E-state index is 0.0583. The summed E-state index contributed by atoms with van der Waals surface area (Å²) in [5.74, 6) is 3.65. The maximum atomic E-state index is 4.85. The van der Waals surface area contributed by atoms with Gasteiger partial charge in [-0.15, -0.1) is 0 Å². The molecular weight excluding hydrogens is 254 g/mol. The van der Waals surface area contributed by atoms with Crippen LogP contribution < -0.4 is 0 Å². The van der Waals surface area contributed by atoms with Crippen molar-refractivity contribution in [1.82, 2.24) is 14.5 Å². The van der Waals surface area contributed by atoms with Crippen LogP contribution in [-0.2, 0) is 5.41 Å². The fraction of sp³-hybridized carbons (Fsp3) is 0.600. The van der Waals surface area contributed by atoms with Crippen LogP contribution in [0.15, 0.2) is 18.3 Å². The highest BCUT2D eigenvalue weighted by atomic mass is 32.2. The van der Waals surface area contributed by atoms with E-state index in [-0.39, 0.29) is 5.41 Å². The zero-order valence-corrected chi connectivity index (χ0v) is 12.7. The van der Waals surface area contributed by atoms with Crippen LogP contribution in [-0.4, -0.2) is 26.0 Å². The Morgan fingerprint density at radius 3 is 2.89 bits per heavy atom. The number of aromatic nitrogens is 3. The number of imidazole rings is 1. The maximum absolute atomic E-state index is 4.85. The first kappa shape index (κ1) is 13.0. The first-order valence-electron chi connectivity index (χ1n) is 6.98. The lowest BCUT2D eigenvalue weighted by atomic mass is 9.95. The summed E-state index contributed by atoms with van der Waals surface area (Å²) < 4.78 is 2.40. The summed E-state index contributed by atoms with van der Waals surface area (Å²) in [6.07, 6.45) is 4.42. The average Bonchev–Trinajstić information content (AvgIpc) is 2.79. The molecule has 1 aliphatic rings. The van der Waals surface area contributed by atoms with Gasteiger partial charge in [0, 0.05) is 23.4 Å². The Balaban J connectivity index is 2.18. The average molecular weight is 275 g/mol. The number of pyridine rings is 1. The molecule has 102 valence electrons. The molecule has 0 radical (unpaired) electrons. The second kappa shape index (κ2) is 4.82. The Kier molecular flexibility index (Phi) is 3.29. The molecule has 3 rings (SSSR count). The molecule has 4 heteroatoms. The van der Waals surface area contributed by atoms with Gasteiger partial charge in [-0.3, -0.25) is 0 Å². The zero-order valence-electron chi connectivity index (χ0n) is 11.9. The van der Waals surface area contributed by atoms with E-state index >= 15 is 0 Å². The highest BCUT2D eigenvalue weighted by Gasteiger charge is 2.28. The van der Waals surface area contributed by atoms with Crippen molar-refractivity contribution in [3.05, 3.63) is 24.2 Å². The van der Waals surface area contributed by atoms with Gasteiger partial charge in [-0.1, -0.05) is 20.8 Å². The third-order valence-corrected chi connectivity index (χ3v) is 4.82. The molecular formula is C15H21N3S. The normalized spacial score (nSPS) is 20.9. The van der Waals surface area contributed by atoms with Gasteiger partial charge in [0.25, 0.3) is 0 Å². The van der Waals surface area contributed by atoms with Gasteiger partial charge in [-0.05, 0) is 30.7 Å². The van der Waals surface area contributed by atoms with Crippen molar-refractivity contribution in [2.75, 3.05) is 11.5 Å². The third kappa shape index (κ3) is 2.38. The molecule has 0 aliphatic carbocycles. The van der Waals surface area contributed by atoms with Crippen LogP contribution in [0.4, 0.5) is 0 Å². The summed E-state index contributed by atoms with van der Waals surface area (Å²) in [4.78, 5) is 9.43. The van der Waals surface area contributed by atoms with Gasteiger partial charge in [0.1, 0.15) is 11.3 Å². The second-order valence-electron chi connectivity index (χ2n) is 6.27. The molecule has 2 aromatic rings. The number of nitrogens with zero attached hydrogens (tertiary/aromatic N) is 3. The Morgan fingerprint density at radius 1 is 1.37 bits per heavy atom. The van der Waals surface area contributed by atoms with E-state index in [9.17, 15) is 0 Å². The standard InChI is InChI=1S/C15H21N3S/c1-15(2,3)14-17-12-7-4-8-16-13(12)18(14)11-6-5-9-19-10-11/h4,7-8,11H,5-6,9-10H2,1-3H3. The number of thioether (sulfide) groups is 1. The summed E-state index contributed by atoms with van der Waals surface area (Å²) in [5.41, 5.74) is 2.14. The van der Waals surface area contributed by atoms with Gasteiger partial charge in [0.2, 0.25) is 0 Å². The SMILES string of the molecule is CC(C)(C)c1nc2cccnc2n1C1CCCSC1. The van der Waals surface area contributed by atoms with Crippen LogP contribution in [0.2, 0.25) is 0 Å².